The SMILES string of the molecule is Cc1cc(N2CCN(C)CC2)ccc1NC(=O)c1cccc(S(=O)(=O)N2CCCC2)c1. The topological polar surface area (TPSA) is 73.0 Å². The first-order valence-corrected chi connectivity index (χ1v) is 12.2. The van der Waals surface area contributed by atoms with Crippen molar-refractivity contribution in [3.63, 3.8) is 0 Å². The molecule has 166 valence electrons. The Morgan fingerprint density at radius 2 is 1.65 bits per heavy atom. The van der Waals surface area contributed by atoms with E-state index in [4.69, 9.17) is 0 Å². The summed E-state index contributed by atoms with van der Waals surface area (Å²) in [4.78, 5) is 17.7. The first-order chi connectivity index (χ1) is 14.8. The third kappa shape index (κ3) is 4.76. The Morgan fingerprint density at radius 3 is 2.32 bits per heavy atom. The number of likely N-dealkylation sites (N-methyl/N-ethyl adjacent to an activating group) is 1. The second-order valence-electron chi connectivity index (χ2n) is 8.38. The summed E-state index contributed by atoms with van der Waals surface area (Å²) in [6, 6.07) is 12.3. The molecule has 2 saturated heterocycles. The van der Waals surface area contributed by atoms with Gasteiger partial charge in [-0.15, -0.1) is 0 Å². The zero-order valence-electron chi connectivity index (χ0n) is 18.2. The highest BCUT2D eigenvalue weighted by molar-refractivity contribution is 7.89. The van der Waals surface area contributed by atoms with E-state index < -0.39 is 10.0 Å². The molecule has 1 amide bonds. The number of benzene rings is 2. The van der Waals surface area contributed by atoms with Gasteiger partial charge in [0.2, 0.25) is 10.0 Å². The average Bonchev–Trinajstić information content (AvgIpc) is 3.32. The molecule has 8 heteroatoms. The molecule has 7 nitrogen and oxygen atoms in total. The second-order valence-corrected chi connectivity index (χ2v) is 10.3. The first kappa shape index (κ1) is 21.8. The Labute approximate surface area is 184 Å². The summed E-state index contributed by atoms with van der Waals surface area (Å²) >= 11 is 0. The van der Waals surface area contributed by atoms with Crippen molar-refractivity contribution in [2.24, 2.45) is 0 Å². The summed E-state index contributed by atoms with van der Waals surface area (Å²) in [7, 11) is -1.42. The van der Waals surface area contributed by atoms with Crippen LogP contribution in [0.4, 0.5) is 11.4 Å². The molecular formula is C23H30N4O3S. The minimum Gasteiger partial charge on any atom is -0.369 e. The summed E-state index contributed by atoms with van der Waals surface area (Å²) in [6.07, 6.45) is 1.76. The molecule has 2 aliphatic rings. The lowest BCUT2D eigenvalue weighted by molar-refractivity contribution is 0.102. The predicted molar refractivity (Wildman–Crippen MR) is 123 cm³/mol. The van der Waals surface area contributed by atoms with Gasteiger partial charge in [0, 0.05) is 56.2 Å². The van der Waals surface area contributed by atoms with Gasteiger partial charge in [-0.3, -0.25) is 4.79 Å². The van der Waals surface area contributed by atoms with Crippen LogP contribution < -0.4 is 10.2 Å². The zero-order valence-corrected chi connectivity index (χ0v) is 19.0. The summed E-state index contributed by atoms with van der Waals surface area (Å²) in [6.45, 7) is 7.10. The summed E-state index contributed by atoms with van der Waals surface area (Å²) in [5.74, 6) is -0.311. The molecule has 0 atom stereocenters. The minimum absolute atomic E-state index is 0.171. The van der Waals surface area contributed by atoms with Gasteiger partial charge in [0.15, 0.2) is 0 Å². The van der Waals surface area contributed by atoms with E-state index in [-0.39, 0.29) is 10.8 Å². The molecule has 4 rings (SSSR count). The lowest BCUT2D eigenvalue weighted by Crippen LogP contribution is -2.44. The monoisotopic (exact) mass is 442 g/mol. The Hall–Kier alpha value is -2.42. The molecule has 0 aromatic heterocycles. The number of amides is 1. The van der Waals surface area contributed by atoms with E-state index in [1.54, 1.807) is 18.2 Å². The van der Waals surface area contributed by atoms with Gasteiger partial charge in [0.05, 0.1) is 4.90 Å². The number of hydrogen-bond donors (Lipinski definition) is 1. The van der Waals surface area contributed by atoms with Gasteiger partial charge in [-0.2, -0.15) is 4.31 Å². The van der Waals surface area contributed by atoms with E-state index in [9.17, 15) is 13.2 Å². The van der Waals surface area contributed by atoms with Gasteiger partial charge in [0.25, 0.3) is 5.91 Å². The fraction of sp³-hybridized carbons (Fsp3) is 0.435. The highest BCUT2D eigenvalue weighted by Crippen LogP contribution is 2.25. The maximum atomic E-state index is 12.9. The fourth-order valence-electron chi connectivity index (χ4n) is 4.12. The highest BCUT2D eigenvalue weighted by atomic mass is 32.2. The zero-order chi connectivity index (χ0) is 22.0. The number of nitrogens with one attached hydrogen (secondary N) is 1. The van der Waals surface area contributed by atoms with E-state index in [1.165, 1.54) is 10.4 Å². The summed E-state index contributed by atoms with van der Waals surface area (Å²) in [5.41, 5.74) is 3.20. The Bertz CT molecular complexity index is 1060. The van der Waals surface area contributed by atoms with Crippen LogP contribution in [0.15, 0.2) is 47.4 Å². The van der Waals surface area contributed by atoms with Crippen molar-refractivity contribution in [3.8, 4) is 0 Å². The number of carbonyl (C=O) groups is 1. The molecule has 0 bridgehead atoms. The van der Waals surface area contributed by atoms with Crippen LogP contribution in [-0.4, -0.2) is 69.8 Å². The standard InChI is InChI=1S/C23H30N4O3S/c1-18-16-20(26-14-12-25(2)13-15-26)8-9-22(18)24-23(28)19-6-5-7-21(17-19)31(29,30)27-10-3-4-11-27/h5-9,16-17H,3-4,10-15H2,1-2H3,(H,24,28). The number of nitrogens with zero attached hydrogens (tertiary/aromatic N) is 3. The molecule has 2 fully saturated rings. The van der Waals surface area contributed by atoms with Crippen molar-refractivity contribution < 1.29 is 13.2 Å². The van der Waals surface area contributed by atoms with Gasteiger partial charge < -0.3 is 15.1 Å². The van der Waals surface area contributed by atoms with Gasteiger partial charge in [-0.1, -0.05) is 6.07 Å². The summed E-state index contributed by atoms with van der Waals surface area (Å²) < 4.78 is 27.1. The molecule has 0 aliphatic carbocycles. The third-order valence-electron chi connectivity index (χ3n) is 6.13. The van der Waals surface area contributed by atoms with E-state index in [2.05, 4.69) is 28.2 Å². The second kappa shape index (κ2) is 8.98. The molecule has 2 aromatic carbocycles. The smallest absolute Gasteiger partial charge is 0.255 e. The maximum absolute atomic E-state index is 12.9. The number of piperazine rings is 1. The normalized spacial score (nSPS) is 18.3. The number of rotatable bonds is 5. The Kier molecular flexibility index (Phi) is 6.31. The highest BCUT2D eigenvalue weighted by Gasteiger charge is 2.27. The van der Waals surface area contributed by atoms with Gasteiger partial charge in [0.1, 0.15) is 0 Å². The van der Waals surface area contributed by atoms with Gasteiger partial charge in [-0.25, -0.2) is 8.42 Å². The largest absolute Gasteiger partial charge is 0.369 e. The van der Waals surface area contributed by atoms with E-state index in [0.717, 1.165) is 56.0 Å². The molecule has 2 heterocycles. The number of anilines is 2. The van der Waals surface area contributed by atoms with Crippen LogP contribution >= 0.6 is 0 Å². The maximum Gasteiger partial charge on any atom is 0.255 e. The third-order valence-corrected chi connectivity index (χ3v) is 8.02. The van der Waals surface area contributed by atoms with Crippen molar-refractivity contribution in [1.82, 2.24) is 9.21 Å². The molecule has 0 spiro atoms. The first-order valence-electron chi connectivity index (χ1n) is 10.8. The molecule has 1 N–H and O–H groups in total. The fourth-order valence-corrected chi connectivity index (χ4v) is 5.68. The molecular weight excluding hydrogens is 412 g/mol. The predicted octanol–water partition coefficient (Wildman–Crippen LogP) is 2.78. The van der Waals surface area contributed by atoms with E-state index >= 15 is 0 Å². The summed E-state index contributed by atoms with van der Waals surface area (Å²) in [5, 5.41) is 2.94. The quantitative estimate of drug-likeness (QED) is 0.771. The molecule has 2 aromatic rings. The Morgan fingerprint density at radius 1 is 0.935 bits per heavy atom. The van der Waals surface area contributed by atoms with Crippen LogP contribution in [0.2, 0.25) is 0 Å². The van der Waals surface area contributed by atoms with Gasteiger partial charge in [-0.05, 0) is 68.8 Å². The van der Waals surface area contributed by atoms with Crippen molar-refractivity contribution in [3.05, 3.63) is 53.6 Å². The van der Waals surface area contributed by atoms with Crippen LogP contribution in [0, 0.1) is 6.92 Å². The van der Waals surface area contributed by atoms with Crippen molar-refractivity contribution in [1.29, 1.82) is 0 Å². The molecule has 31 heavy (non-hydrogen) atoms. The number of carbonyl (C=O) groups excluding carboxylic acids is 1. The van der Waals surface area contributed by atoms with Gasteiger partial charge >= 0.3 is 0 Å². The van der Waals surface area contributed by atoms with Crippen LogP contribution in [0.3, 0.4) is 0 Å². The van der Waals surface area contributed by atoms with Crippen LogP contribution in [0.25, 0.3) is 0 Å². The van der Waals surface area contributed by atoms with E-state index in [1.807, 2.05) is 19.1 Å². The molecule has 2 aliphatic heterocycles. The van der Waals surface area contributed by atoms with E-state index in [0.29, 0.717) is 18.7 Å². The lowest BCUT2D eigenvalue weighted by atomic mass is 10.1. The van der Waals surface area contributed by atoms with Crippen molar-refractivity contribution in [2.75, 3.05) is 56.5 Å². The molecule has 0 saturated carbocycles. The number of aryl methyl sites for hydroxylation is 1. The van der Waals surface area contributed by atoms with Crippen molar-refractivity contribution in [2.45, 2.75) is 24.7 Å². The minimum atomic E-state index is -3.55. The van der Waals surface area contributed by atoms with Crippen LogP contribution in [0.1, 0.15) is 28.8 Å². The molecule has 0 radical (unpaired) electrons. The van der Waals surface area contributed by atoms with Crippen LogP contribution in [0.5, 0.6) is 0 Å². The van der Waals surface area contributed by atoms with Crippen molar-refractivity contribution >= 4 is 27.3 Å². The molecule has 0 unspecified atom stereocenters. The average molecular weight is 443 g/mol. The Balaban J connectivity index is 1.48. The number of sulfonamides is 1. The lowest BCUT2D eigenvalue weighted by Gasteiger charge is -2.34. The number of hydrogen-bond acceptors (Lipinski definition) is 5. The van der Waals surface area contributed by atoms with Crippen LogP contribution in [-0.2, 0) is 10.0 Å².